The van der Waals surface area contributed by atoms with Gasteiger partial charge in [-0.15, -0.1) is 0 Å². The molecule has 0 saturated heterocycles. The van der Waals surface area contributed by atoms with Gasteiger partial charge in [-0.25, -0.2) is 13.5 Å². The monoisotopic (exact) mass is 319 g/mol. The molecule has 0 aromatic carbocycles. The van der Waals surface area contributed by atoms with Crippen LogP contribution in [0.25, 0.3) is 0 Å². The lowest BCUT2D eigenvalue weighted by Crippen LogP contribution is -2.28. The molecular weight excluding hydrogens is 304 g/mol. The van der Waals surface area contributed by atoms with Gasteiger partial charge in [0.2, 0.25) is 0 Å². The van der Waals surface area contributed by atoms with Crippen LogP contribution in [0.1, 0.15) is 49.8 Å². The fourth-order valence-electron chi connectivity index (χ4n) is 2.98. The number of fused-ring (bicyclic) bond motifs is 1. The summed E-state index contributed by atoms with van der Waals surface area (Å²) in [6.45, 7) is 0.587. The number of hydrogen-bond donors (Lipinski definition) is 1. The largest absolute Gasteiger partial charge is 0.369 e. The molecule has 1 fully saturated rings. The van der Waals surface area contributed by atoms with Crippen LogP contribution < -0.4 is 5.32 Å². The second kappa shape index (κ2) is 4.79. The van der Waals surface area contributed by atoms with E-state index in [1.54, 1.807) is 0 Å². The molecule has 1 aliphatic carbocycles. The summed E-state index contributed by atoms with van der Waals surface area (Å²) in [4.78, 5) is 0. The first kappa shape index (κ1) is 12.4. The Morgan fingerprint density at radius 2 is 2.00 bits per heavy atom. The number of nitrogens with one attached hydrogen (secondary N) is 1. The van der Waals surface area contributed by atoms with Crippen molar-refractivity contribution in [3.63, 3.8) is 0 Å². The molecule has 100 valence electrons. The predicted molar refractivity (Wildman–Crippen MR) is 69.3 cm³/mol. The standard InChI is InChI=1S/C12H16BrF2N3/c13-9-10(7-3-1-2-4-7)17-18-8(11(14)15)5-6-16-12(9)18/h7-8,11,16H,1-6H2. The molecule has 1 aliphatic heterocycles. The van der Waals surface area contributed by atoms with Crippen LogP contribution in [0.4, 0.5) is 14.6 Å². The highest BCUT2D eigenvalue weighted by molar-refractivity contribution is 9.10. The lowest BCUT2D eigenvalue weighted by atomic mass is 10.0. The van der Waals surface area contributed by atoms with Gasteiger partial charge in [-0.1, -0.05) is 12.8 Å². The van der Waals surface area contributed by atoms with E-state index in [2.05, 4.69) is 26.3 Å². The first-order valence-corrected chi connectivity index (χ1v) is 7.27. The van der Waals surface area contributed by atoms with E-state index in [1.807, 2.05) is 0 Å². The van der Waals surface area contributed by atoms with Crippen molar-refractivity contribution in [2.75, 3.05) is 11.9 Å². The molecule has 0 bridgehead atoms. The summed E-state index contributed by atoms with van der Waals surface area (Å²) in [7, 11) is 0. The van der Waals surface area contributed by atoms with Crippen molar-refractivity contribution in [2.24, 2.45) is 0 Å². The molecular formula is C12H16BrF2N3. The molecule has 1 atom stereocenters. The highest BCUT2D eigenvalue weighted by Crippen LogP contribution is 2.42. The normalized spacial score (nSPS) is 24.3. The van der Waals surface area contributed by atoms with Crippen molar-refractivity contribution in [2.45, 2.75) is 50.5 Å². The molecule has 0 spiro atoms. The Labute approximate surface area is 113 Å². The molecule has 1 unspecified atom stereocenters. The number of nitrogens with zero attached hydrogens (tertiary/aromatic N) is 2. The minimum atomic E-state index is -2.35. The molecule has 18 heavy (non-hydrogen) atoms. The number of anilines is 1. The van der Waals surface area contributed by atoms with Crippen molar-refractivity contribution in [1.82, 2.24) is 9.78 Å². The molecule has 1 aromatic rings. The summed E-state index contributed by atoms with van der Waals surface area (Å²) >= 11 is 3.53. The Morgan fingerprint density at radius 3 is 2.67 bits per heavy atom. The minimum absolute atomic E-state index is 0.428. The van der Waals surface area contributed by atoms with Gasteiger partial charge in [-0.05, 0) is 35.2 Å². The lowest BCUT2D eigenvalue weighted by Gasteiger charge is -2.24. The second-order valence-corrected chi connectivity index (χ2v) is 5.88. The summed E-state index contributed by atoms with van der Waals surface area (Å²) in [5, 5.41) is 7.64. The second-order valence-electron chi connectivity index (χ2n) is 5.09. The maximum Gasteiger partial charge on any atom is 0.260 e. The molecule has 3 rings (SSSR count). The predicted octanol–water partition coefficient (Wildman–Crippen LogP) is 3.93. The van der Waals surface area contributed by atoms with E-state index in [-0.39, 0.29) is 0 Å². The van der Waals surface area contributed by atoms with Crippen molar-refractivity contribution in [3.05, 3.63) is 10.2 Å². The molecule has 6 heteroatoms. The highest BCUT2D eigenvalue weighted by atomic mass is 79.9. The third kappa shape index (κ3) is 1.94. The van der Waals surface area contributed by atoms with E-state index >= 15 is 0 Å². The number of rotatable bonds is 2. The number of hydrogen-bond acceptors (Lipinski definition) is 2. The fraction of sp³-hybridized carbons (Fsp3) is 0.750. The molecule has 1 N–H and O–H groups in total. The highest BCUT2D eigenvalue weighted by Gasteiger charge is 2.33. The summed E-state index contributed by atoms with van der Waals surface area (Å²) in [5.74, 6) is 1.16. The number of halogens is 3. The van der Waals surface area contributed by atoms with Gasteiger partial charge in [0.1, 0.15) is 11.9 Å². The Hall–Kier alpha value is -0.650. The Bertz CT molecular complexity index is 441. The summed E-state index contributed by atoms with van der Waals surface area (Å²) < 4.78 is 28.4. The van der Waals surface area contributed by atoms with E-state index in [9.17, 15) is 8.78 Å². The van der Waals surface area contributed by atoms with Crippen LogP contribution >= 0.6 is 15.9 Å². The van der Waals surface area contributed by atoms with Gasteiger partial charge in [-0.3, -0.25) is 0 Å². The van der Waals surface area contributed by atoms with Gasteiger partial charge < -0.3 is 5.32 Å². The summed E-state index contributed by atoms with van der Waals surface area (Å²) in [6.07, 6.45) is 2.75. The van der Waals surface area contributed by atoms with Crippen molar-refractivity contribution >= 4 is 21.7 Å². The van der Waals surface area contributed by atoms with Crippen molar-refractivity contribution in [1.29, 1.82) is 0 Å². The molecule has 1 aromatic heterocycles. The first-order valence-electron chi connectivity index (χ1n) is 6.48. The van der Waals surface area contributed by atoms with Gasteiger partial charge in [0.05, 0.1) is 10.2 Å². The smallest absolute Gasteiger partial charge is 0.260 e. The van der Waals surface area contributed by atoms with Crippen LogP contribution in [0.15, 0.2) is 4.47 Å². The molecule has 1 saturated carbocycles. The zero-order chi connectivity index (χ0) is 12.7. The molecule has 2 aliphatic rings. The molecule has 3 nitrogen and oxygen atoms in total. The fourth-order valence-corrected chi connectivity index (χ4v) is 3.71. The van der Waals surface area contributed by atoms with Crippen molar-refractivity contribution < 1.29 is 8.78 Å². The van der Waals surface area contributed by atoms with Gasteiger partial charge >= 0.3 is 0 Å². The Morgan fingerprint density at radius 1 is 1.28 bits per heavy atom. The average molecular weight is 320 g/mol. The third-order valence-electron chi connectivity index (χ3n) is 3.96. The third-order valence-corrected chi connectivity index (χ3v) is 4.74. The van der Waals surface area contributed by atoms with Crippen LogP contribution in [0.2, 0.25) is 0 Å². The molecule has 0 amide bonds. The quantitative estimate of drug-likeness (QED) is 0.895. The SMILES string of the molecule is FC(F)C1CCNc2c(Br)c(C3CCCC3)nn21. The van der Waals surface area contributed by atoms with Crippen molar-refractivity contribution in [3.8, 4) is 0 Å². The van der Waals surface area contributed by atoms with Gasteiger partial charge in [0.25, 0.3) is 6.43 Å². The van der Waals surface area contributed by atoms with Crippen LogP contribution in [0, 0.1) is 0 Å². The average Bonchev–Trinajstić information content (AvgIpc) is 2.97. The van der Waals surface area contributed by atoms with Crippen LogP contribution in [0.3, 0.4) is 0 Å². The first-order chi connectivity index (χ1) is 8.68. The number of aromatic nitrogens is 2. The molecule has 2 heterocycles. The van der Waals surface area contributed by atoms with Crippen LogP contribution in [0.5, 0.6) is 0 Å². The van der Waals surface area contributed by atoms with E-state index in [1.165, 1.54) is 17.5 Å². The Balaban J connectivity index is 1.98. The van der Waals surface area contributed by atoms with Gasteiger partial charge in [0.15, 0.2) is 0 Å². The van der Waals surface area contributed by atoms with Gasteiger partial charge in [0, 0.05) is 12.5 Å². The summed E-state index contributed by atoms with van der Waals surface area (Å²) in [6, 6.07) is -0.785. The van der Waals surface area contributed by atoms with Crippen LogP contribution in [-0.4, -0.2) is 22.8 Å². The van der Waals surface area contributed by atoms with E-state index in [4.69, 9.17) is 0 Å². The molecule has 0 radical (unpaired) electrons. The topological polar surface area (TPSA) is 29.9 Å². The zero-order valence-corrected chi connectivity index (χ0v) is 11.6. The van der Waals surface area contributed by atoms with E-state index < -0.39 is 12.5 Å². The van der Waals surface area contributed by atoms with E-state index in [0.717, 1.165) is 28.8 Å². The lowest BCUT2D eigenvalue weighted by molar-refractivity contribution is 0.0712. The van der Waals surface area contributed by atoms with Crippen LogP contribution in [-0.2, 0) is 0 Å². The minimum Gasteiger partial charge on any atom is -0.369 e. The van der Waals surface area contributed by atoms with Gasteiger partial charge in [-0.2, -0.15) is 5.10 Å². The Kier molecular flexibility index (Phi) is 3.30. The maximum absolute atomic E-state index is 13.0. The van der Waals surface area contributed by atoms with E-state index in [0.29, 0.717) is 18.9 Å². The maximum atomic E-state index is 13.0. The zero-order valence-electron chi connectivity index (χ0n) is 10.0. The summed E-state index contributed by atoms with van der Waals surface area (Å²) in [5.41, 5.74) is 0.961. The number of alkyl halides is 2.